The molecule has 2 aromatic carbocycles. The first kappa shape index (κ1) is 39.4. The topological polar surface area (TPSA) is 175 Å². The van der Waals surface area contributed by atoms with Gasteiger partial charge in [-0.2, -0.15) is 0 Å². The zero-order valence-corrected chi connectivity index (χ0v) is 33.5. The normalized spacial score (nSPS) is 18.7. The number of aromatic nitrogens is 4. The van der Waals surface area contributed by atoms with E-state index in [0.29, 0.717) is 13.1 Å². The van der Waals surface area contributed by atoms with Crippen LogP contribution >= 0.6 is 0 Å². The zero-order valence-electron chi connectivity index (χ0n) is 33.5. The fraction of sp³-hybridized carbons (Fsp3) is 0.488. The number of carbonyl (C=O) groups excluding carboxylic acids is 4. The summed E-state index contributed by atoms with van der Waals surface area (Å²) in [4.78, 5) is 72.1. The molecule has 4 unspecified atom stereocenters. The number of hydrogen-bond donors (Lipinski definition) is 4. The first-order chi connectivity index (χ1) is 27.4. The van der Waals surface area contributed by atoms with Crippen LogP contribution in [0.2, 0.25) is 0 Å². The number of rotatable bonds is 8. The molecule has 57 heavy (non-hydrogen) atoms. The highest BCUT2D eigenvalue weighted by Crippen LogP contribution is 2.38. The van der Waals surface area contributed by atoms with Gasteiger partial charge in [0.25, 0.3) is 0 Å². The Morgan fingerprint density at radius 2 is 1.32 bits per heavy atom. The molecule has 0 spiro atoms. The number of benzene rings is 2. The second-order valence-electron chi connectivity index (χ2n) is 15.9. The zero-order chi connectivity index (χ0) is 40.4. The van der Waals surface area contributed by atoms with Gasteiger partial charge in [-0.3, -0.25) is 9.59 Å². The summed E-state index contributed by atoms with van der Waals surface area (Å²) >= 11 is 0. The molecule has 2 aromatic heterocycles. The van der Waals surface area contributed by atoms with E-state index < -0.39 is 24.3 Å². The molecule has 4 atom stereocenters. The Morgan fingerprint density at radius 1 is 0.737 bits per heavy atom. The third-order valence-corrected chi connectivity index (χ3v) is 11.4. The van der Waals surface area contributed by atoms with Gasteiger partial charge in [-0.05, 0) is 92.7 Å². The smallest absolute Gasteiger partial charge is 0.407 e. The van der Waals surface area contributed by atoms with E-state index in [1.54, 1.807) is 0 Å². The molecule has 1 aliphatic carbocycles. The van der Waals surface area contributed by atoms with Crippen molar-refractivity contribution in [2.24, 2.45) is 11.8 Å². The van der Waals surface area contributed by atoms with Crippen molar-refractivity contribution >= 4 is 35.0 Å². The Labute approximate surface area is 332 Å². The Kier molecular flexibility index (Phi) is 11.6. The number of piperidine rings is 1. The number of H-pyrrole nitrogens is 2. The predicted octanol–water partition coefficient (Wildman–Crippen LogP) is 5.93. The molecular formula is C43H52N8O6. The molecule has 2 aliphatic heterocycles. The minimum absolute atomic E-state index is 0.104. The van der Waals surface area contributed by atoms with E-state index in [9.17, 15) is 19.2 Å². The van der Waals surface area contributed by atoms with Crippen molar-refractivity contribution in [1.82, 2.24) is 40.4 Å². The number of aromatic amines is 2. The van der Waals surface area contributed by atoms with Crippen LogP contribution in [-0.4, -0.2) is 93.1 Å². The van der Waals surface area contributed by atoms with Crippen molar-refractivity contribution in [3.05, 3.63) is 70.4 Å². The van der Waals surface area contributed by atoms with E-state index in [1.165, 1.54) is 19.8 Å². The first-order valence-corrected chi connectivity index (χ1v) is 20.0. The number of carbonyl (C=O) groups is 4. The molecule has 4 heterocycles. The molecule has 3 aliphatic rings. The number of alkyl carbamates (subject to hydrolysis) is 2. The third-order valence-electron chi connectivity index (χ3n) is 11.4. The average molecular weight is 777 g/mol. The summed E-state index contributed by atoms with van der Waals surface area (Å²) in [6.07, 6.45) is 4.67. The molecule has 0 radical (unpaired) electrons. The maximum atomic E-state index is 13.7. The van der Waals surface area contributed by atoms with Crippen LogP contribution in [0, 0.1) is 23.7 Å². The highest BCUT2D eigenvalue weighted by Gasteiger charge is 2.39. The van der Waals surface area contributed by atoms with Gasteiger partial charge >= 0.3 is 12.2 Å². The van der Waals surface area contributed by atoms with E-state index in [0.717, 1.165) is 95.7 Å². The number of nitrogens with one attached hydrogen (secondary N) is 4. The average Bonchev–Trinajstić information content (AvgIpc) is 3.98. The number of aryl methyl sites for hydroxylation is 2. The third kappa shape index (κ3) is 8.19. The molecule has 4 aromatic rings. The van der Waals surface area contributed by atoms with E-state index >= 15 is 0 Å². The van der Waals surface area contributed by atoms with Crippen molar-refractivity contribution < 1.29 is 28.7 Å². The molecule has 2 fully saturated rings. The standard InChI is InChI=1S/C43H52N8O6/c1-24(2)35(48-42(54)56-5)40(52)50-20-8-7-10-33(50)38-44-30-18-15-27(23-32(30)46-38)13-12-26-14-17-29-28(22-26)16-19-31-37(29)47-39(45-31)34-11-9-21-51(34)41(53)36(25(3)4)49-43(55)57-6/h14-15,17-18,22-25,33-36H,7-11,16,19-21H2,1-6H3,(H,44,46)(H,45,47)(H,48,54)(H,49,55). The number of nitrogens with zero attached hydrogens (tertiary/aromatic N) is 4. The lowest BCUT2D eigenvalue weighted by atomic mass is 9.91. The van der Waals surface area contributed by atoms with Crippen LogP contribution in [0.5, 0.6) is 0 Å². The maximum absolute atomic E-state index is 13.7. The monoisotopic (exact) mass is 776 g/mol. The minimum atomic E-state index is -0.700. The van der Waals surface area contributed by atoms with Gasteiger partial charge in [-0.15, -0.1) is 0 Å². The number of fused-ring (bicyclic) bond motifs is 4. The second kappa shape index (κ2) is 16.7. The quantitative estimate of drug-likeness (QED) is 0.159. The van der Waals surface area contributed by atoms with E-state index in [1.807, 2.05) is 61.8 Å². The van der Waals surface area contributed by atoms with Crippen LogP contribution in [0.1, 0.15) is 106 Å². The van der Waals surface area contributed by atoms with Gasteiger partial charge in [0.2, 0.25) is 11.8 Å². The highest BCUT2D eigenvalue weighted by molar-refractivity contribution is 5.87. The van der Waals surface area contributed by atoms with Crippen molar-refractivity contribution in [1.29, 1.82) is 0 Å². The van der Waals surface area contributed by atoms with Gasteiger partial charge in [0.05, 0.1) is 43.0 Å². The summed E-state index contributed by atoms with van der Waals surface area (Å²) in [5.74, 6) is 7.69. The predicted molar refractivity (Wildman–Crippen MR) is 214 cm³/mol. The van der Waals surface area contributed by atoms with Gasteiger partial charge in [0.1, 0.15) is 23.7 Å². The molecular weight excluding hydrogens is 725 g/mol. The number of likely N-dealkylation sites (tertiary alicyclic amines) is 2. The van der Waals surface area contributed by atoms with Crippen molar-refractivity contribution in [2.45, 2.75) is 96.8 Å². The van der Waals surface area contributed by atoms with Crippen molar-refractivity contribution in [2.75, 3.05) is 27.3 Å². The SMILES string of the molecule is COC(=O)NC(C(=O)N1CCCC1c1nc2c([nH]1)CCc1cc(C#Cc3ccc4nc(C5CCCCN5C(=O)C(NC(=O)OC)C(C)C)[nH]c4c3)ccc1-2)C(C)C. The minimum Gasteiger partial charge on any atom is -0.453 e. The van der Waals surface area contributed by atoms with Crippen LogP contribution in [0.3, 0.4) is 0 Å². The summed E-state index contributed by atoms with van der Waals surface area (Å²) < 4.78 is 9.57. The number of ether oxygens (including phenoxy) is 2. The summed E-state index contributed by atoms with van der Waals surface area (Å²) in [5, 5.41) is 5.44. The Morgan fingerprint density at radius 3 is 1.95 bits per heavy atom. The van der Waals surface area contributed by atoms with Crippen molar-refractivity contribution in [3.8, 4) is 23.1 Å². The lowest BCUT2D eigenvalue weighted by Crippen LogP contribution is -2.53. The summed E-state index contributed by atoms with van der Waals surface area (Å²) in [5.41, 5.74) is 7.60. The molecule has 14 nitrogen and oxygen atoms in total. The lowest BCUT2D eigenvalue weighted by Gasteiger charge is -2.37. The molecule has 4 amide bonds. The number of hydrogen-bond acceptors (Lipinski definition) is 8. The van der Waals surface area contributed by atoms with Gasteiger partial charge < -0.3 is 39.9 Å². The number of imidazole rings is 2. The van der Waals surface area contributed by atoms with Crippen LogP contribution in [-0.2, 0) is 31.9 Å². The van der Waals surface area contributed by atoms with Crippen LogP contribution < -0.4 is 10.6 Å². The molecule has 0 bridgehead atoms. The Hall–Kier alpha value is -5.84. The van der Waals surface area contributed by atoms with Gasteiger partial charge in [0, 0.05) is 35.5 Å². The maximum Gasteiger partial charge on any atom is 0.407 e. The number of methoxy groups -OCH3 is 2. The van der Waals surface area contributed by atoms with Gasteiger partial charge in [-0.25, -0.2) is 19.6 Å². The summed E-state index contributed by atoms with van der Waals surface area (Å²) in [6.45, 7) is 8.82. The summed E-state index contributed by atoms with van der Waals surface area (Å²) in [7, 11) is 2.59. The van der Waals surface area contributed by atoms with Gasteiger partial charge in [-0.1, -0.05) is 45.6 Å². The first-order valence-electron chi connectivity index (χ1n) is 20.0. The lowest BCUT2D eigenvalue weighted by molar-refractivity contribution is -0.138. The molecule has 0 saturated carbocycles. The largest absolute Gasteiger partial charge is 0.453 e. The fourth-order valence-electron chi connectivity index (χ4n) is 8.32. The molecule has 4 N–H and O–H groups in total. The second-order valence-corrected chi connectivity index (χ2v) is 15.9. The molecule has 7 rings (SSSR count). The van der Waals surface area contributed by atoms with Crippen LogP contribution in [0.4, 0.5) is 9.59 Å². The summed E-state index contributed by atoms with van der Waals surface area (Å²) in [6, 6.07) is 10.3. The Balaban J connectivity index is 1.07. The molecule has 2 saturated heterocycles. The fourth-order valence-corrected chi connectivity index (χ4v) is 8.32. The van der Waals surface area contributed by atoms with Crippen LogP contribution in [0.25, 0.3) is 22.3 Å². The van der Waals surface area contributed by atoms with Crippen LogP contribution in [0.15, 0.2) is 36.4 Å². The highest BCUT2D eigenvalue weighted by atomic mass is 16.5. The Bertz CT molecular complexity index is 2230. The van der Waals surface area contributed by atoms with E-state index in [2.05, 4.69) is 44.6 Å². The molecule has 300 valence electrons. The van der Waals surface area contributed by atoms with Crippen molar-refractivity contribution in [3.63, 3.8) is 0 Å². The number of amides is 4. The van der Waals surface area contributed by atoms with E-state index in [4.69, 9.17) is 19.4 Å². The van der Waals surface area contributed by atoms with E-state index in [-0.39, 0.29) is 35.7 Å². The van der Waals surface area contributed by atoms with Gasteiger partial charge in [0.15, 0.2) is 0 Å². The molecule has 14 heteroatoms.